The molecule has 0 radical (unpaired) electrons. The molecule has 0 unspecified atom stereocenters. The largest absolute Gasteiger partial charge is 0.379 e. The van der Waals surface area contributed by atoms with Crippen molar-refractivity contribution in [3.8, 4) is 0 Å². The highest BCUT2D eigenvalue weighted by Gasteiger charge is 2.34. The Morgan fingerprint density at radius 3 is 2.63 bits per heavy atom. The quantitative estimate of drug-likeness (QED) is 0.803. The normalized spacial score (nSPS) is 21.8. The fourth-order valence-electron chi connectivity index (χ4n) is 2.59. The van der Waals surface area contributed by atoms with Crippen LogP contribution in [0, 0.1) is 0 Å². The van der Waals surface area contributed by atoms with E-state index in [0.29, 0.717) is 13.2 Å². The smallest absolute Gasteiger partial charge is 0.244 e. The first-order chi connectivity index (χ1) is 9.36. The van der Waals surface area contributed by atoms with Crippen LogP contribution in [-0.4, -0.2) is 60.1 Å². The molecule has 1 atom stereocenters. The number of hydrogen-bond donors (Lipinski definition) is 0. The Morgan fingerprint density at radius 2 is 2.05 bits per heavy atom. The summed E-state index contributed by atoms with van der Waals surface area (Å²) in [5, 5.41) is 0. The number of aromatic nitrogens is 1. The van der Waals surface area contributed by atoms with Crippen molar-refractivity contribution in [1.82, 2.24) is 14.8 Å². The summed E-state index contributed by atoms with van der Waals surface area (Å²) >= 11 is 0. The molecular formula is C14H19N3O2. The van der Waals surface area contributed by atoms with Crippen LogP contribution in [0.4, 0.5) is 0 Å². The first kappa shape index (κ1) is 12.6. The van der Waals surface area contributed by atoms with Gasteiger partial charge in [0.2, 0.25) is 5.91 Å². The van der Waals surface area contributed by atoms with Crippen LogP contribution in [0.2, 0.25) is 0 Å². The fourth-order valence-corrected chi connectivity index (χ4v) is 2.59. The van der Waals surface area contributed by atoms with E-state index in [-0.39, 0.29) is 11.9 Å². The van der Waals surface area contributed by atoms with E-state index in [1.807, 2.05) is 17.0 Å². The molecule has 2 saturated heterocycles. The Balaban J connectivity index is 1.83. The number of amides is 1. The summed E-state index contributed by atoms with van der Waals surface area (Å²) in [4.78, 5) is 20.9. The van der Waals surface area contributed by atoms with Crippen LogP contribution in [0.25, 0.3) is 0 Å². The molecule has 0 N–H and O–H groups in total. The predicted molar refractivity (Wildman–Crippen MR) is 70.6 cm³/mol. The molecule has 3 rings (SSSR count). The minimum Gasteiger partial charge on any atom is -0.379 e. The first-order valence-electron chi connectivity index (χ1n) is 6.87. The second kappa shape index (κ2) is 5.67. The molecule has 19 heavy (non-hydrogen) atoms. The third kappa shape index (κ3) is 2.62. The van der Waals surface area contributed by atoms with Crippen molar-refractivity contribution < 1.29 is 9.53 Å². The first-order valence-corrected chi connectivity index (χ1v) is 6.87. The summed E-state index contributed by atoms with van der Waals surface area (Å²) in [5.41, 5.74) is 0.987. The van der Waals surface area contributed by atoms with Gasteiger partial charge in [0.1, 0.15) is 6.04 Å². The van der Waals surface area contributed by atoms with Crippen molar-refractivity contribution in [3.05, 3.63) is 30.1 Å². The van der Waals surface area contributed by atoms with E-state index in [4.69, 9.17) is 4.74 Å². The molecule has 102 valence electrons. The van der Waals surface area contributed by atoms with E-state index in [1.165, 1.54) is 0 Å². The highest BCUT2D eigenvalue weighted by molar-refractivity contribution is 5.83. The molecule has 5 heteroatoms. The van der Waals surface area contributed by atoms with Gasteiger partial charge in [0.25, 0.3) is 0 Å². The average Bonchev–Trinajstić information content (AvgIpc) is 2.39. The maximum Gasteiger partial charge on any atom is 0.244 e. The van der Waals surface area contributed by atoms with E-state index in [0.717, 1.165) is 38.2 Å². The lowest BCUT2D eigenvalue weighted by Crippen LogP contribution is -2.51. The van der Waals surface area contributed by atoms with Gasteiger partial charge in [-0.05, 0) is 18.1 Å². The summed E-state index contributed by atoms with van der Waals surface area (Å²) in [6, 6.07) is 3.69. The number of morpholine rings is 1. The Bertz CT molecular complexity index is 428. The van der Waals surface area contributed by atoms with E-state index in [1.54, 1.807) is 12.4 Å². The summed E-state index contributed by atoms with van der Waals surface area (Å²) in [5.74, 6) is 0.209. The van der Waals surface area contributed by atoms with Crippen molar-refractivity contribution >= 4 is 5.91 Å². The second-order valence-corrected chi connectivity index (χ2v) is 5.02. The van der Waals surface area contributed by atoms with Crippen LogP contribution < -0.4 is 0 Å². The standard InChI is InChI=1S/C14H19N3O2/c18-14(17-5-2-6-17)13(12-3-1-4-15-11-12)16-7-9-19-10-8-16/h1,3-4,11,13H,2,5-10H2/t13-/m0/s1. The number of hydrogen-bond acceptors (Lipinski definition) is 4. The maximum absolute atomic E-state index is 12.6. The Morgan fingerprint density at radius 1 is 1.26 bits per heavy atom. The van der Waals surface area contributed by atoms with Crippen molar-refractivity contribution in [2.24, 2.45) is 0 Å². The zero-order valence-electron chi connectivity index (χ0n) is 11.0. The summed E-state index contributed by atoms with van der Waals surface area (Å²) in [6.07, 6.45) is 4.67. The summed E-state index contributed by atoms with van der Waals surface area (Å²) in [6.45, 7) is 4.78. The third-order valence-corrected chi connectivity index (χ3v) is 3.81. The van der Waals surface area contributed by atoms with Gasteiger partial charge in [0, 0.05) is 38.6 Å². The zero-order chi connectivity index (χ0) is 13.1. The van der Waals surface area contributed by atoms with Crippen LogP contribution in [0.3, 0.4) is 0 Å². The Labute approximate surface area is 113 Å². The van der Waals surface area contributed by atoms with Crippen molar-refractivity contribution in [1.29, 1.82) is 0 Å². The number of carbonyl (C=O) groups is 1. The topological polar surface area (TPSA) is 45.7 Å². The van der Waals surface area contributed by atoms with Gasteiger partial charge in [0.05, 0.1) is 13.2 Å². The molecule has 2 fully saturated rings. The molecule has 2 aliphatic heterocycles. The van der Waals surface area contributed by atoms with E-state index < -0.39 is 0 Å². The molecule has 1 aromatic heterocycles. The van der Waals surface area contributed by atoms with Gasteiger partial charge in [-0.2, -0.15) is 0 Å². The minimum absolute atomic E-state index is 0.196. The number of nitrogens with zero attached hydrogens (tertiary/aromatic N) is 3. The molecular weight excluding hydrogens is 242 g/mol. The number of ether oxygens (including phenoxy) is 1. The molecule has 5 nitrogen and oxygen atoms in total. The second-order valence-electron chi connectivity index (χ2n) is 5.02. The molecule has 0 aliphatic carbocycles. The summed E-state index contributed by atoms with van der Waals surface area (Å²) in [7, 11) is 0. The van der Waals surface area contributed by atoms with E-state index >= 15 is 0 Å². The lowest BCUT2D eigenvalue weighted by molar-refractivity contribution is -0.142. The van der Waals surface area contributed by atoms with Crippen molar-refractivity contribution in [3.63, 3.8) is 0 Å². The maximum atomic E-state index is 12.6. The van der Waals surface area contributed by atoms with Crippen LogP contribution >= 0.6 is 0 Å². The average molecular weight is 261 g/mol. The van der Waals surface area contributed by atoms with Gasteiger partial charge in [-0.25, -0.2) is 0 Å². The number of carbonyl (C=O) groups excluding carboxylic acids is 1. The Kier molecular flexibility index (Phi) is 3.75. The van der Waals surface area contributed by atoms with Crippen LogP contribution in [0.5, 0.6) is 0 Å². The van der Waals surface area contributed by atoms with Crippen LogP contribution in [0.15, 0.2) is 24.5 Å². The number of likely N-dealkylation sites (tertiary alicyclic amines) is 1. The van der Waals surface area contributed by atoms with Gasteiger partial charge in [0.15, 0.2) is 0 Å². The van der Waals surface area contributed by atoms with Crippen LogP contribution in [0.1, 0.15) is 18.0 Å². The van der Waals surface area contributed by atoms with Crippen molar-refractivity contribution in [2.75, 3.05) is 39.4 Å². The molecule has 0 saturated carbocycles. The molecule has 3 heterocycles. The molecule has 0 spiro atoms. The SMILES string of the molecule is O=C([C@H](c1cccnc1)N1CCOCC1)N1CCC1. The molecule has 1 aromatic rings. The molecule has 2 aliphatic rings. The van der Waals surface area contributed by atoms with E-state index in [9.17, 15) is 4.79 Å². The van der Waals surface area contributed by atoms with Gasteiger partial charge in [-0.15, -0.1) is 0 Å². The Hall–Kier alpha value is -1.46. The van der Waals surface area contributed by atoms with Gasteiger partial charge in [-0.3, -0.25) is 14.7 Å². The minimum atomic E-state index is -0.196. The molecule has 0 aromatic carbocycles. The lowest BCUT2D eigenvalue weighted by Gasteiger charge is -2.39. The number of pyridine rings is 1. The van der Waals surface area contributed by atoms with Gasteiger partial charge < -0.3 is 9.64 Å². The monoisotopic (exact) mass is 261 g/mol. The van der Waals surface area contributed by atoms with Crippen LogP contribution in [-0.2, 0) is 9.53 Å². The number of rotatable bonds is 3. The third-order valence-electron chi connectivity index (χ3n) is 3.81. The highest BCUT2D eigenvalue weighted by Crippen LogP contribution is 2.25. The fraction of sp³-hybridized carbons (Fsp3) is 0.571. The summed E-state index contributed by atoms with van der Waals surface area (Å²) < 4.78 is 5.38. The van der Waals surface area contributed by atoms with E-state index in [2.05, 4.69) is 9.88 Å². The van der Waals surface area contributed by atoms with Gasteiger partial charge in [-0.1, -0.05) is 6.07 Å². The van der Waals surface area contributed by atoms with Gasteiger partial charge >= 0.3 is 0 Å². The van der Waals surface area contributed by atoms with Crippen molar-refractivity contribution in [2.45, 2.75) is 12.5 Å². The molecule has 0 bridgehead atoms. The molecule has 1 amide bonds. The highest BCUT2D eigenvalue weighted by atomic mass is 16.5. The zero-order valence-corrected chi connectivity index (χ0v) is 11.0. The predicted octanol–water partition coefficient (Wildman–Crippen LogP) is 0.687. The lowest BCUT2D eigenvalue weighted by atomic mass is 10.0.